The molecule has 3 aromatic heterocycles. The van der Waals surface area contributed by atoms with Crippen molar-refractivity contribution in [3.8, 4) is 16.3 Å². The van der Waals surface area contributed by atoms with Gasteiger partial charge >= 0.3 is 0 Å². The molecule has 1 N–H and O–H groups in total. The summed E-state index contributed by atoms with van der Waals surface area (Å²) in [5.74, 6) is -0.200. The quantitative estimate of drug-likeness (QED) is 0.487. The third kappa shape index (κ3) is 3.69. The largest absolute Gasteiger partial charge is 0.298 e. The van der Waals surface area contributed by atoms with Gasteiger partial charge in [-0.15, -0.1) is 0 Å². The smallest absolute Gasteiger partial charge is 0.257 e. The summed E-state index contributed by atoms with van der Waals surface area (Å²) in [5, 5.41) is 4.33. The molecule has 28 heavy (non-hydrogen) atoms. The zero-order chi connectivity index (χ0) is 19.5. The third-order valence-corrected chi connectivity index (χ3v) is 5.85. The number of benzene rings is 1. The Balaban J connectivity index is 1.57. The monoisotopic (exact) mass is 407 g/mol. The molecule has 0 fully saturated rings. The van der Waals surface area contributed by atoms with Crippen LogP contribution in [0.3, 0.4) is 0 Å². The molecule has 0 saturated heterocycles. The van der Waals surface area contributed by atoms with E-state index in [1.54, 1.807) is 30.2 Å². The Labute approximate surface area is 170 Å². The average Bonchev–Trinajstić information content (AvgIpc) is 3.35. The van der Waals surface area contributed by atoms with Gasteiger partial charge in [0.15, 0.2) is 10.3 Å². The molecule has 0 radical (unpaired) electrons. The first-order valence-corrected chi connectivity index (χ1v) is 10.6. The zero-order valence-corrected chi connectivity index (χ0v) is 16.9. The van der Waals surface area contributed by atoms with E-state index in [2.05, 4.69) is 20.3 Å². The predicted octanol–water partition coefficient (Wildman–Crippen LogP) is 4.67. The van der Waals surface area contributed by atoms with Crippen LogP contribution in [0.1, 0.15) is 16.1 Å². The van der Waals surface area contributed by atoms with Gasteiger partial charge in [-0.25, -0.2) is 9.97 Å². The van der Waals surface area contributed by atoms with Gasteiger partial charge in [-0.3, -0.25) is 19.7 Å². The van der Waals surface area contributed by atoms with Crippen LogP contribution in [0.5, 0.6) is 0 Å². The second-order valence-electron chi connectivity index (χ2n) is 5.94. The van der Waals surface area contributed by atoms with E-state index in [9.17, 15) is 4.79 Å². The number of thiazole rings is 1. The highest BCUT2D eigenvalue weighted by Crippen LogP contribution is 2.31. The number of hydrogen-bond donors (Lipinski definition) is 1. The summed E-state index contributed by atoms with van der Waals surface area (Å²) in [5.41, 5.74) is 3.14. The molecule has 4 aromatic rings. The minimum atomic E-state index is -0.200. The topological polar surface area (TPSA) is 72.7 Å². The summed E-state index contributed by atoms with van der Waals surface area (Å²) >= 11 is 2.97. The maximum atomic E-state index is 12.8. The lowest BCUT2D eigenvalue weighted by Gasteiger charge is -2.08. The standard InChI is InChI=1S/C20H17N5OS2/c1-13-17(16-8-3-4-9-21-16)28-19(23-13)24-18(26)14-6-5-7-15(12-14)25-11-10-22-20(25)27-2/h3-12H,1-2H3,(H,23,24,26). The van der Waals surface area contributed by atoms with Gasteiger partial charge in [0.25, 0.3) is 5.91 Å². The summed E-state index contributed by atoms with van der Waals surface area (Å²) in [6.45, 7) is 1.92. The van der Waals surface area contributed by atoms with Gasteiger partial charge in [-0.1, -0.05) is 35.2 Å². The minimum absolute atomic E-state index is 0.200. The first-order valence-electron chi connectivity index (χ1n) is 8.53. The Kier molecular flexibility index (Phi) is 5.23. The Hall–Kier alpha value is -2.97. The van der Waals surface area contributed by atoms with E-state index in [-0.39, 0.29) is 5.91 Å². The summed E-state index contributed by atoms with van der Waals surface area (Å²) in [4.78, 5) is 26.9. The number of nitrogens with one attached hydrogen (secondary N) is 1. The molecular formula is C20H17N5OS2. The molecule has 3 heterocycles. The van der Waals surface area contributed by atoms with Crippen molar-refractivity contribution in [2.24, 2.45) is 0 Å². The molecule has 0 aliphatic carbocycles. The second-order valence-corrected chi connectivity index (χ2v) is 7.71. The summed E-state index contributed by atoms with van der Waals surface area (Å²) in [6, 6.07) is 13.2. The lowest BCUT2D eigenvalue weighted by molar-refractivity contribution is 0.102. The maximum Gasteiger partial charge on any atom is 0.257 e. The molecule has 0 atom stereocenters. The highest BCUT2D eigenvalue weighted by Gasteiger charge is 2.14. The van der Waals surface area contributed by atoms with E-state index in [1.165, 1.54) is 11.3 Å². The normalized spacial score (nSPS) is 10.8. The van der Waals surface area contributed by atoms with Crippen molar-refractivity contribution < 1.29 is 4.79 Å². The van der Waals surface area contributed by atoms with Crippen molar-refractivity contribution in [3.63, 3.8) is 0 Å². The first kappa shape index (κ1) is 18.4. The molecule has 0 spiro atoms. The van der Waals surface area contributed by atoms with E-state index in [4.69, 9.17) is 0 Å². The van der Waals surface area contributed by atoms with Gasteiger partial charge in [0.1, 0.15) is 0 Å². The van der Waals surface area contributed by atoms with E-state index in [0.717, 1.165) is 27.1 Å². The fourth-order valence-electron chi connectivity index (χ4n) is 2.79. The van der Waals surface area contributed by atoms with Crippen LogP contribution in [-0.2, 0) is 0 Å². The van der Waals surface area contributed by atoms with Crippen LogP contribution in [-0.4, -0.2) is 31.7 Å². The zero-order valence-electron chi connectivity index (χ0n) is 15.3. The van der Waals surface area contributed by atoms with E-state index >= 15 is 0 Å². The predicted molar refractivity (Wildman–Crippen MR) is 113 cm³/mol. The highest BCUT2D eigenvalue weighted by atomic mass is 32.2. The molecule has 1 aromatic carbocycles. The number of aryl methyl sites for hydroxylation is 1. The molecule has 0 unspecified atom stereocenters. The fraction of sp³-hybridized carbons (Fsp3) is 0.100. The molecule has 0 bridgehead atoms. The van der Waals surface area contributed by atoms with Gasteiger partial charge in [-0.05, 0) is 43.5 Å². The van der Waals surface area contributed by atoms with Crippen LogP contribution in [0, 0.1) is 6.92 Å². The van der Waals surface area contributed by atoms with Crippen LogP contribution in [0.4, 0.5) is 5.13 Å². The Morgan fingerprint density at radius 1 is 1.14 bits per heavy atom. The van der Waals surface area contributed by atoms with Crippen molar-refractivity contribution >= 4 is 34.1 Å². The molecule has 4 rings (SSSR count). The van der Waals surface area contributed by atoms with E-state index < -0.39 is 0 Å². The van der Waals surface area contributed by atoms with Crippen LogP contribution < -0.4 is 5.32 Å². The Morgan fingerprint density at radius 3 is 2.82 bits per heavy atom. The average molecular weight is 408 g/mol. The van der Waals surface area contributed by atoms with E-state index in [1.807, 2.05) is 60.3 Å². The number of nitrogens with zero attached hydrogens (tertiary/aromatic N) is 4. The number of carbonyl (C=O) groups is 1. The summed E-state index contributed by atoms with van der Waals surface area (Å²) in [6.07, 6.45) is 7.35. The van der Waals surface area contributed by atoms with Gasteiger partial charge in [-0.2, -0.15) is 0 Å². The molecule has 140 valence electrons. The van der Waals surface area contributed by atoms with Gasteiger partial charge in [0.2, 0.25) is 0 Å². The SMILES string of the molecule is CSc1nccn1-c1cccc(C(=O)Nc2nc(C)c(-c3ccccn3)s2)c1. The van der Waals surface area contributed by atoms with Crippen molar-refractivity contribution in [2.45, 2.75) is 12.1 Å². The Morgan fingerprint density at radius 2 is 2.04 bits per heavy atom. The minimum Gasteiger partial charge on any atom is -0.298 e. The number of aromatic nitrogens is 4. The fourth-order valence-corrected chi connectivity index (χ4v) is 4.26. The van der Waals surface area contributed by atoms with Gasteiger partial charge in [0, 0.05) is 29.8 Å². The van der Waals surface area contributed by atoms with Gasteiger partial charge < -0.3 is 0 Å². The molecule has 0 aliphatic rings. The maximum absolute atomic E-state index is 12.8. The summed E-state index contributed by atoms with van der Waals surface area (Å²) in [7, 11) is 0. The number of imidazole rings is 1. The first-order chi connectivity index (χ1) is 13.7. The molecule has 6 nitrogen and oxygen atoms in total. The number of rotatable bonds is 5. The molecule has 0 aliphatic heterocycles. The molecule has 0 saturated carbocycles. The number of hydrogen-bond acceptors (Lipinski definition) is 6. The summed E-state index contributed by atoms with van der Waals surface area (Å²) < 4.78 is 1.95. The lowest BCUT2D eigenvalue weighted by atomic mass is 10.2. The van der Waals surface area contributed by atoms with Gasteiger partial charge in [0.05, 0.1) is 16.3 Å². The third-order valence-electron chi connectivity index (χ3n) is 4.09. The molecular weight excluding hydrogens is 390 g/mol. The molecule has 1 amide bonds. The van der Waals surface area contributed by atoms with Crippen molar-refractivity contribution in [3.05, 3.63) is 72.3 Å². The number of amides is 1. The Bertz CT molecular complexity index is 1120. The van der Waals surface area contributed by atoms with Crippen molar-refractivity contribution in [2.75, 3.05) is 11.6 Å². The lowest BCUT2D eigenvalue weighted by Crippen LogP contribution is -2.12. The van der Waals surface area contributed by atoms with E-state index in [0.29, 0.717) is 10.7 Å². The number of anilines is 1. The molecule has 8 heteroatoms. The highest BCUT2D eigenvalue weighted by molar-refractivity contribution is 7.98. The number of thioether (sulfide) groups is 1. The van der Waals surface area contributed by atoms with Crippen LogP contribution in [0.15, 0.2) is 66.2 Å². The second kappa shape index (κ2) is 7.95. The number of carbonyl (C=O) groups excluding carboxylic acids is 1. The van der Waals surface area contributed by atoms with Crippen LogP contribution >= 0.6 is 23.1 Å². The van der Waals surface area contributed by atoms with Crippen LogP contribution in [0.25, 0.3) is 16.3 Å². The number of pyridine rings is 1. The van der Waals surface area contributed by atoms with Crippen LogP contribution in [0.2, 0.25) is 0 Å². The van der Waals surface area contributed by atoms with Crippen molar-refractivity contribution in [1.29, 1.82) is 0 Å². The van der Waals surface area contributed by atoms with Crippen molar-refractivity contribution in [1.82, 2.24) is 19.5 Å².